The number of nitrogens with zero attached hydrogens (tertiary/aromatic N) is 7. The molecule has 0 aromatic carbocycles. The smallest absolute Gasteiger partial charge is 0.153 e. The number of fused-ring (bicyclic) bond motifs is 4. The molecule has 2 aliphatic heterocycles. The molecular weight excluding hydrogens is 480 g/mol. The molecule has 7 rings (SSSR count). The number of hydrogen-bond acceptors (Lipinski definition) is 9. The third-order valence-electron chi connectivity index (χ3n) is 7.60. The number of aliphatic hydroxyl groups is 1. The molecule has 0 saturated carbocycles. The molecule has 0 amide bonds. The number of pyridine rings is 3. The molecule has 192 valence electrons. The third-order valence-corrected chi connectivity index (χ3v) is 7.60. The van der Waals surface area contributed by atoms with Crippen LogP contribution < -0.4 is 16.4 Å². The predicted octanol–water partition coefficient (Wildman–Crippen LogP) is 3.56. The van der Waals surface area contributed by atoms with Crippen molar-refractivity contribution in [1.29, 1.82) is 0 Å². The number of aliphatic hydroxyl groups excluding tert-OH is 1. The van der Waals surface area contributed by atoms with Gasteiger partial charge in [0.1, 0.15) is 23.6 Å². The number of imidazole rings is 1. The fourth-order valence-corrected chi connectivity index (χ4v) is 5.41. The van der Waals surface area contributed by atoms with E-state index in [9.17, 15) is 5.11 Å². The third kappa shape index (κ3) is 3.50. The van der Waals surface area contributed by atoms with Gasteiger partial charge < -0.3 is 26.0 Å². The number of hydrogen-bond donors (Lipinski definition) is 4. The fourth-order valence-electron chi connectivity index (χ4n) is 5.41. The molecule has 0 aliphatic carbocycles. The normalized spacial score (nSPS) is 17.4. The van der Waals surface area contributed by atoms with E-state index < -0.39 is 11.6 Å². The molecule has 5 N–H and O–H groups in total. The summed E-state index contributed by atoms with van der Waals surface area (Å²) in [5.74, 6) is 2.80. The van der Waals surface area contributed by atoms with Gasteiger partial charge >= 0.3 is 0 Å². The Morgan fingerprint density at radius 1 is 1.13 bits per heavy atom. The molecule has 11 heteroatoms. The number of rotatable bonds is 3. The van der Waals surface area contributed by atoms with Gasteiger partial charge in [0.25, 0.3) is 0 Å². The summed E-state index contributed by atoms with van der Waals surface area (Å²) in [6.45, 7) is 7.44. The first-order chi connectivity index (χ1) is 18.3. The molecule has 0 bridgehead atoms. The molecule has 7 heterocycles. The van der Waals surface area contributed by atoms with E-state index in [1.165, 1.54) is 0 Å². The Morgan fingerprint density at radius 2 is 2.00 bits per heavy atom. The van der Waals surface area contributed by atoms with Crippen molar-refractivity contribution in [2.45, 2.75) is 51.9 Å². The average molecular weight is 509 g/mol. The summed E-state index contributed by atoms with van der Waals surface area (Å²) in [6, 6.07) is 6.01. The van der Waals surface area contributed by atoms with Gasteiger partial charge in [-0.1, -0.05) is 0 Å². The van der Waals surface area contributed by atoms with E-state index in [1.54, 1.807) is 12.4 Å². The van der Waals surface area contributed by atoms with Gasteiger partial charge in [-0.15, -0.1) is 0 Å². The van der Waals surface area contributed by atoms with E-state index in [1.807, 2.05) is 50.0 Å². The molecule has 0 spiro atoms. The highest BCUT2D eigenvalue weighted by Gasteiger charge is 2.40. The van der Waals surface area contributed by atoms with E-state index in [0.717, 1.165) is 57.9 Å². The number of nitrogens with two attached hydrogens (primary N) is 1. The Bertz CT molecular complexity index is 1730. The summed E-state index contributed by atoms with van der Waals surface area (Å²) >= 11 is 0. The fraction of sp³-hybridized carbons (Fsp3) is 0.296. The van der Waals surface area contributed by atoms with Crippen molar-refractivity contribution in [3.05, 3.63) is 65.8 Å². The molecule has 0 radical (unpaired) electrons. The van der Waals surface area contributed by atoms with Crippen LogP contribution in [-0.2, 0) is 19.5 Å². The van der Waals surface area contributed by atoms with Crippen LogP contribution in [-0.4, -0.2) is 44.9 Å². The Kier molecular flexibility index (Phi) is 4.77. The second kappa shape index (κ2) is 7.99. The van der Waals surface area contributed by atoms with Crippen LogP contribution in [0.25, 0.3) is 22.0 Å². The first kappa shape index (κ1) is 22.7. The van der Waals surface area contributed by atoms with Gasteiger partial charge in [0.2, 0.25) is 0 Å². The van der Waals surface area contributed by atoms with Crippen LogP contribution in [0.5, 0.6) is 0 Å². The predicted molar refractivity (Wildman–Crippen MR) is 145 cm³/mol. The molecular formula is C27H28N10O. The quantitative estimate of drug-likeness (QED) is 0.287. The summed E-state index contributed by atoms with van der Waals surface area (Å²) in [5.41, 5.74) is 11.1. The van der Waals surface area contributed by atoms with E-state index in [2.05, 4.69) is 41.2 Å². The lowest BCUT2D eigenvalue weighted by molar-refractivity contribution is 0.123. The second-order valence-corrected chi connectivity index (χ2v) is 10.6. The van der Waals surface area contributed by atoms with Gasteiger partial charge in [-0.3, -0.25) is 9.67 Å². The van der Waals surface area contributed by atoms with E-state index >= 15 is 0 Å². The van der Waals surface area contributed by atoms with Crippen molar-refractivity contribution in [2.24, 2.45) is 0 Å². The van der Waals surface area contributed by atoms with Gasteiger partial charge in [-0.2, -0.15) is 5.10 Å². The number of nitrogens with one attached hydrogen (secondary N) is 2. The Labute approximate surface area is 218 Å². The largest absolute Gasteiger partial charge is 0.384 e. The average Bonchev–Trinajstić information content (AvgIpc) is 3.52. The lowest BCUT2D eigenvalue weighted by atomic mass is 9.98. The van der Waals surface area contributed by atoms with Crippen LogP contribution in [0.3, 0.4) is 0 Å². The minimum atomic E-state index is -0.681. The van der Waals surface area contributed by atoms with Crippen LogP contribution in [0, 0.1) is 6.92 Å². The first-order valence-corrected chi connectivity index (χ1v) is 12.6. The van der Waals surface area contributed by atoms with Crippen molar-refractivity contribution in [2.75, 3.05) is 16.4 Å². The Hall–Kier alpha value is -4.51. The van der Waals surface area contributed by atoms with Gasteiger partial charge in [0.05, 0.1) is 29.2 Å². The van der Waals surface area contributed by atoms with Gasteiger partial charge in [-0.25, -0.2) is 15.0 Å². The maximum Gasteiger partial charge on any atom is 0.153 e. The maximum atomic E-state index is 10.6. The monoisotopic (exact) mass is 508 g/mol. The van der Waals surface area contributed by atoms with Crippen molar-refractivity contribution in [1.82, 2.24) is 34.3 Å². The van der Waals surface area contributed by atoms with E-state index in [4.69, 9.17) is 10.8 Å². The maximum absolute atomic E-state index is 10.6. The van der Waals surface area contributed by atoms with Crippen molar-refractivity contribution in [3.63, 3.8) is 0 Å². The van der Waals surface area contributed by atoms with Crippen LogP contribution in [0.2, 0.25) is 0 Å². The number of aryl methyl sites for hydroxylation is 2. The van der Waals surface area contributed by atoms with Crippen molar-refractivity contribution < 1.29 is 5.11 Å². The zero-order chi connectivity index (χ0) is 26.2. The van der Waals surface area contributed by atoms with Crippen LogP contribution in [0.1, 0.15) is 42.7 Å². The lowest BCUT2D eigenvalue weighted by Gasteiger charge is -2.22. The number of anilines is 4. The zero-order valence-electron chi connectivity index (χ0n) is 21.4. The molecule has 11 nitrogen and oxygen atoms in total. The van der Waals surface area contributed by atoms with Crippen LogP contribution in [0.15, 0.2) is 43.0 Å². The summed E-state index contributed by atoms with van der Waals surface area (Å²) in [5, 5.41) is 23.8. The van der Waals surface area contributed by atoms with Crippen LogP contribution in [0.4, 0.5) is 23.1 Å². The number of nitrogen functional groups attached to an aromatic ring is 1. The highest BCUT2D eigenvalue weighted by Crippen LogP contribution is 2.43. The molecule has 1 atom stereocenters. The Morgan fingerprint density at radius 3 is 2.87 bits per heavy atom. The summed E-state index contributed by atoms with van der Waals surface area (Å²) in [6.07, 6.45) is 7.53. The van der Waals surface area contributed by atoms with E-state index in [-0.39, 0.29) is 0 Å². The second-order valence-electron chi connectivity index (χ2n) is 10.6. The standard InChI is InChI=1S/C27H28N10O/c1-14-17(11-31-24-23(14)34-27(2,3)25(24)38)19-8-15-9-20(30-12-18(15)26(28)32-19)33-21-10-16-4-6-36-7-5-29-22(36)13-37(16)35-21/h5,7-12,25,34,38H,4,6,13H2,1-3H3,(H2,28,32)(H,30,33,35). The molecule has 2 aliphatic rings. The molecule has 0 fully saturated rings. The molecule has 38 heavy (non-hydrogen) atoms. The minimum absolute atomic E-state index is 0.397. The Balaban J connectivity index is 1.22. The summed E-state index contributed by atoms with van der Waals surface area (Å²) in [4.78, 5) is 18.2. The first-order valence-electron chi connectivity index (χ1n) is 12.6. The summed E-state index contributed by atoms with van der Waals surface area (Å²) in [7, 11) is 0. The SMILES string of the molecule is Cc1c(-c2cc3cc(Nc4cc5n(n4)Cc4nccn4CC5)ncc3c(N)n2)cnc2c1NC(C)(C)C2O. The van der Waals surface area contributed by atoms with Gasteiger partial charge in [-0.05, 0) is 43.9 Å². The number of aromatic nitrogens is 7. The lowest BCUT2D eigenvalue weighted by Crippen LogP contribution is -2.32. The summed E-state index contributed by atoms with van der Waals surface area (Å²) < 4.78 is 4.16. The molecule has 0 saturated heterocycles. The van der Waals surface area contributed by atoms with Gasteiger partial charge in [0.15, 0.2) is 5.82 Å². The van der Waals surface area contributed by atoms with Gasteiger partial charge in [0, 0.05) is 60.5 Å². The highest BCUT2D eigenvalue weighted by molar-refractivity contribution is 5.95. The highest BCUT2D eigenvalue weighted by atomic mass is 16.3. The van der Waals surface area contributed by atoms with Crippen LogP contribution >= 0.6 is 0 Å². The van der Waals surface area contributed by atoms with E-state index in [0.29, 0.717) is 29.6 Å². The molecule has 5 aromatic rings. The van der Waals surface area contributed by atoms with Crippen molar-refractivity contribution in [3.8, 4) is 11.3 Å². The zero-order valence-corrected chi connectivity index (χ0v) is 21.4. The van der Waals surface area contributed by atoms with Crippen molar-refractivity contribution >= 4 is 33.9 Å². The topological polar surface area (TPSA) is 145 Å². The molecule has 1 unspecified atom stereocenters. The minimum Gasteiger partial charge on any atom is -0.384 e. The molecule has 5 aromatic heterocycles.